The number of carbonyl (C=O) groups excluding carboxylic acids is 1. The number of rotatable bonds is 7. The van der Waals surface area contributed by atoms with Crippen LogP contribution in [-0.2, 0) is 10.9 Å². The minimum absolute atomic E-state index is 0.000834. The van der Waals surface area contributed by atoms with Crippen molar-refractivity contribution >= 4 is 5.91 Å². The predicted molar refractivity (Wildman–Crippen MR) is 71.1 cm³/mol. The number of alkyl halides is 3. The number of pyridine rings is 1. The molecule has 1 fully saturated rings. The molecule has 1 aromatic rings. The van der Waals surface area contributed by atoms with Crippen molar-refractivity contribution in [1.29, 1.82) is 0 Å². The molecule has 5 nitrogen and oxygen atoms in total. The number of hydrogen-bond donors (Lipinski definition) is 2. The van der Waals surface area contributed by atoms with Crippen molar-refractivity contribution in [2.24, 2.45) is 5.92 Å². The number of halogens is 3. The van der Waals surface area contributed by atoms with Gasteiger partial charge in [0.15, 0.2) is 0 Å². The van der Waals surface area contributed by atoms with E-state index in [2.05, 4.69) is 10.3 Å². The second kappa shape index (κ2) is 7.06. The fourth-order valence-corrected chi connectivity index (χ4v) is 1.72. The first kappa shape index (κ1) is 16.7. The summed E-state index contributed by atoms with van der Waals surface area (Å²) in [4.78, 5) is 14.9. The molecule has 122 valence electrons. The Morgan fingerprint density at radius 1 is 1.45 bits per heavy atom. The molecule has 1 heterocycles. The van der Waals surface area contributed by atoms with E-state index in [1.54, 1.807) is 0 Å². The van der Waals surface area contributed by atoms with Gasteiger partial charge in [-0.3, -0.25) is 9.78 Å². The van der Waals surface area contributed by atoms with Gasteiger partial charge in [0.05, 0.1) is 18.3 Å². The van der Waals surface area contributed by atoms with Crippen molar-refractivity contribution in [2.75, 3.05) is 19.8 Å². The number of amides is 1. The first-order valence-electron chi connectivity index (χ1n) is 6.93. The highest BCUT2D eigenvalue weighted by Crippen LogP contribution is 2.28. The standard InChI is InChI=1S/C14H17F3N2O3/c15-14(16,17)12-4-3-10(5-18-12)13(21)19-6-11(20)8-22-7-9-1-2-9/h3-5,9,11,20H,1-2,6-8H2,(H,19,21). The fourth-order valence-electron chi connectivity index (χ4n) is 1.72. The molecular weight excluding hydrogens is 301 g/mol. The van der Waals surface area contributed by atoms with Crippen molar-refractivity contribution in [2.45, 2.75) is 25.1 Å². The predicted octanol–water partition coefficient (Wildman–Crippen LogP) is 1.62. The molecule has 8 heteroatoms. The van der Waals surface area contributed by atoms with Gasteiger partial charge < -0.3 is 15.2 Å². The third-order valence-electron chi connectivity index (χ3n) is 3.18. The van der Waals surface area contributed by atoms with Crippen molar-refractivity contribution in [1.82, 2.24) is 10.3 Å². The van der Waals surface area contributed by atoms with Crippen LogP contribution in [0.3, 0.4) is 0 Å². The van der Waals surface area contributed by atoms with E-state index < -0.39 is 23.9 Å². The Hall–Kier alpha value is -1.67. The van der Waals surface area contributed by atoms with Gasteiger partial charge in [0.25, 0.3) is 5.91 Å². The Balaban J connectivity index is 1.73. The Bertz CT molecular complexity index is 501. The first-order valence-corrected chi connectivity index (χ1v) is 6.93. The lowest BCUT2D eigenvalue weighted by molar-refractivity contribution is -0.141. The third kappa shape index (κ3) is 5.27. The zero-order valence-corrected chi connectivity index (χ0v) is 11.8. The molecule has 2 rings (SSSR count). The number of nitrogens with zero attached hydrogens (tertiary/aromatic N) is 1. The van der Waals surface area contributed by atoms with E-state index >= 15 is 0 Å². The third-order valence-corrected chi connectivity index (χ3v) is 3.18. The summed E-state index contributed by atoms with van der Waals surface area (Å²) in [5.74, 6) is -0.0116. The summed E-state index contributed by atoms with van der Waals surface area (Å²) in [5.41, 5.74) is -1.06. The van der Waals surface area contributed by atoms with Crippen molar-refractivity contribution in [3.8, 4) is 0 Å². The number of carbonyl (C=O) groups is 1. The largest absolute Gasteiger partial charge is 0.433 e. The maximum atomic E-state index is 12.3. The maximum Gasteiger partial charge on any atom is 0.433 e. The van der Waals surface area contributed by atoms with Crippen LogP contribution in [-0.4, -0.2) is 41.9 Å². The van der Waals surface area contributed by atoms with Crippen LogP contribution in [0.2, 0.25) is 0 Å². The van der Waals surface area contributed by atoms with E-state index in [0.29, 0.717) is 12.5 Å². The summed E-state index contributed by atoms with van der Waals surface area (Å²) in [6, 6.07) is 1.78. The highest BCUT2D eigenvalue weighted by atomic mass is 19.4. The fraction of sp³-hybridized carbons (Fsp3) is 0.571. The molecule has 2 N–H and O–H groups in total. The Morgan fingerprint density at radius 2 is 2.18 bits per heavy atom. The maximum absolute atomic E-state index is 12.3. The molecule has 0 bridgehead atoms. The smallest absolute Gasteiger partial charge is 0.389 e. The van der Waals surface area contributed by atoms with Gasteiger partial charge in [0.2, 0.25) is 0 Å². The molecule has 1 aliphatic rings. The number of aromatic nitrogens is 1. The van der Waals surface area contributed by atoms with Crippen molar-refractivity contribution in [3.63, 3.8) is 0 Å². The summed E-state index contributed by atoms with van der Waals surface area (Å²) in [5, 5.41) is 12.0. The van der Waals surface area contributed by atoms with Crippen LogP contribution < -0.4 is 5.32 Å². The summed E-state index contributed by atoms with van der Waals surface area (Å²) >= 11 is 0. The van der Waals surface area contributed by atoms with Gasteiger partial charge >= 0.3 is 6.18 Å². The number of ether oxygens (including phenoxy) is 1. The average molecular weight is 318 g/mol. The molecular formula is C14H17F3N2O3. The minimum Gasteiger partial charge on any atom is -0.389 e. The lowest BCUT2D eigenvalue weighted by Gasteiger charge is -2.12. The van der Waals surface area contributed by atoms with E-state index in [1.165, 1.54) is 0 Å². The van der Waals surface area contributed by atoms with Gasteiger partial charge in [-0.25, -0.2) is 0 Å². The van der Waals surface area contributed by atoms with E-state index in [0.717, 1.165) is 31.2 Å². The van der Waals surface area contributed by atoms with Crippen LogP contribution in [0.4, 0.5) is 13.2 Å². The van der Waals surface area contributed by atoms with Gasteiger partial charge in [0.1, 0.15) is 5.69 Å². The molecule has 1 saturated carbocycles. The summed E-state index contributed by atoms with van der Waals surface area (Å²) in [6.45, 7) is 0.681. The molecule has 0 radical (unpaired) electrons. The SMILES string of the molecule is O=C(NCC(O)COCC1CC1)c1ccc(C(F)(F)F)nc1. The van der Waals surface area contributed by atoms with Crippen molar-refractivity contribution < 1.29 is 27.8 Å². The van der Waals surface area contributed by atoms with Crippen LogP contribution in [0.15, 0.2) is 18.3 Å². The lowest BCUT2D eigenvalue weighted by Crippen LogP contribution is -2.34. The molecule has 0 saturated heterocycles. The molecule has 0 aliphatic heterocycles. The Labute approximate surface area is 125 Å². The van der Waals surface area contributed by atoms with Gasteiger partial charge in [0, 0.05) is 19.3 Å². The molecule has 1 atom stereocenters. The average Bonchev–Trinajstić information content (AvgIpc) is 3.28. The lowest BCUT2D eigenvalue weighted by atomic mass is 10.2. The van der Waals surface area contributed by atoms with Crippen LogP contribution >= 0.6 is 0 Å². The monoisotopic (exact) mass is 318 g/mol. The van der Waals surface area contributed by atoms with Crippen LogP contribution in [0.5, 0.6) is 0 Å². The quantitative estimate of drug-likeness (QED) is 0.801. The van der Waals surface area contributed by atoms with Gasteiger partial charge in [-0.15, -0.1) is 0 Å². The first-order chi connectivity index (χ1) is 10.4. The Kier molecular flexibility index (Phi) is 5.36. The van der Waals surface area contributed by atoms with Gasteiger partial charge in [-0.1, -0.05) is 0 Å². The number of nitrogens with one attached hydrogen (secondary N) is 1. The van der Waals surface area contributed by atoms with Crippen LogP contribution in [0, 0.1) is 5.92 Å². The molecule has 1 unspecified atom stereocenters. The van der Waals surface area contributed by atoms with Gasteiger partial charge in [-0.2, -0.15) is 13.2 Å². The van der Waals surface area contributed by atoms with E-state index in [-0.39, 0.29) is 18.7 Å². The zero-order chi connectivity index (χ0) is 16.2. The summed E-state index contributed by atoms with van der Waals surface area (Å²) in [6.07, 6.45) is -2.25. The summed E-state index contributed by atoms with van der Waals surface area (Å²) < 4.78 is 42.3. The highest BCUT2D eigenvalue weighted by Gasteiger charge is 2.32. The van der Waals surface area contributed by atoms with E-state index in [9.17, 15) is 23.1 Å². The molecule has 0 aromatic carbocycles. The van der Waals surface area contributed by atoms with Crippen molar-refractivity contribution in [3.05, 3.63) is 29.6 Å². The van der Waals surface area contributed by atoms with Gasteiger partial charge in [-0.05, 0) is 30.9 Å². The second-order valence-electron chi connectivity index (χ2n) is 5.27. The highest BCUT2D eigenvalue weighted by molar-refractivity contribution is 5.93. The molecule has 1 amide bonds. The number of aliphatic hydroxyl groups excluding tert-OH is 1. The Morgan fingerprint density at radius 3 is 2.73 bits per heavy atom. The summed E-state index contributed by atoms with van der Waals surface area (Å²) in [7, 11) is 0. The molecule has 0 spiro atoms. The number of hydrogen-bond acceptors (Lipinski definition) is 4. The normalized spacial score (nSPS) is 16.4. The van der Waals surface area contributed by atoms with Crippen LogP contribution in [0.25, 0.3) is 0 Å². The molecule has 22 heavy (non-hydrogen) atoms. The minimum atomic E-state index is -4.54. The number of aliphatic hydroxyl groups is 1. The van der Waals surface area contributed by atoms with Crippen LogP contribution in [0.1, 0.15) is 28.9 Å². The van der Waals surface area contributed by atoms with E-state index in [1.807, 2.05) is 0 Å². The molecule has 1 aliphatic carbocycles. The topological polar surface area (TPSA) is 71.5 Å². The second-order valence-corrected chi connectivity index (χ2v) is 5.27. The van der Waals surface area contributed by atoms with E-state index in [4.69, 9.17) is 4.74 Å². The molecule has 1 aromatic heterocycles. The zero-order valence-electron chi connectivity index (χ0n) is 11.8.